The van der Waals surface area contributed by atoms with Gasteiger partial charge in [-0.05, 0) is 31.9 Å². The van der Waals surface area contributed by atoms with Crippen LogP contribution in [0.2, 0.25) is 0 Å². The fourth-order valence-corrected chi connectivity index (χ4v) is 1.58. The number of carboxylic acids is 1. The summed E-state index contributed by atoms with van der Waals surface area (Å²) in [4.78, 5) is 26.0. The van der Waals surface area contributed by atoms with Gasteiger partial charge in [-0.15, -0.1) is 0 Å². The summed E-state index contributed by atoms with van der Waals surface area (Å²) < 4.78 is 0. The van der Waals surface area contributed by atoms with Gasteiger partial charge < -0.3 is 10.4 Å². The van der Waals surface area contributed by atoms with Gasteiger partial charge in [-0.1, -0.05) is 6.07 Å². The molecule has 0 radical (unpaired) electrons. The molecule has 1 aromatic heterocycles. The fourth-order valence-electron chi connectivity index (χ4n) is 1.58. The molecule has 5 heteroatoms. The largest absolute Gasteiger partial charge is 0.481 e. The van der Waals surface area contributed by atoms with Gasteiger partial charge in [0.1, 0.15) is 0 Å². The van der Waals surface area contributed by atoms with Gasteiger partial charge in [-0.2, -0.15) is 0 Å². The van der Waals surface area contributed by atoms with E-state index in [4.69, 9.17) is 5.11 Å². The Morgan fingerprint density at radius 3 is 2.67 bits per heavy atom. The minimum absolute atomic E-state index is 0.0708. The molecule has 1 atom stereocenters. The van der Waals surface area contributed by atoms with Crippen LogP contribution in [0.15, 0.2) is 24.4 Å². The van der Waals surface area contributed by atoms with E-state index in [0.29, 0.717) is 19.3 Å². The lowest BCUT2D eigenvalue weighted by molar-refractivity contribution is -0.137. The molecule has 0 unspecified atom stereocenters. The van der Waals surface area contributed by atoms with Gasteiger partial charge in [0.2, 0.25) is 5.91 Å². The summed E-state index contributed by atoms with van der Waals surface area (Å²) in [5.41, 5.74) is 0.816. The zero-order chi connectivity index (χ0) is 13.4. The third-order valence-corrected chi connectivity index (χ3v) is 2.55. The lowest BCUT2D eigenvalue weighted by atomic mass is 10.1. The van der Waals surface area contributed by atoms with Crippen molar-refractivity contribution >= 4 is 11.9 Å². The molecular weight excluding hydrogens is 232 g/mol. The van der Waals surface area contributed by atoms with E-state index in [1.54, 1.807) is 6.20 Å². The molecule has 1 amide bonds. The Morgan fingerprint density at radius 2 is 2.06 bits per heavy atom. The molecule has 0 aromatic carbocycles. The standard InChI is InChI=1S/C13H18N2O3/c1-10(11-6-4-5-9-14-11)15-12(16)7-2-3-8-13(17)18/h4-6,9-10H,2-3,7-8H2,1H3,(H,15,16)(H,17,18)/t10-/m1/s1. The molecule has 18 heavy (non-hydrogen) atoms. The number of hydrogen-bond acceptors (Lipinski definition) is 3. The zero-order valence-electron chi connectivity index (χ0n) is 10.4. The summed E-state index contributed by atoms with van der Waals surface area (Å²) in [5, 5.41) is 11.3. The number of carbonyl (C=O) groups is 2. The van der Waals surface area contributed by atoms with Gasteiger partial charge in [0.15, 0.2) is 0 Å². The van der Waals surface area contributed by atoms with Crippen molar-refractivity contribution in [3.05, 3.63) is 30.1 Å². The van der Waals surface area contributed by atoms with Crippen LogP contribution >= 0.6 is 0 Å². The second-order valence-electron chi connectivity index (χ2n) is 4.14. The average Bonchev–Trinajstić information content (AvgIpc) is 2.35. The zero-order valence-corrected chi connectivity index (χ0v) is 10.4. The normalized spacial score (nSPS) is 11.8. The number of aliphatic carboxylic acids is 1. The second kappa shape index (κ2) is 7.42. The van der Waals surface area contributed by atoms with E-state index in [1.165, 1.54) is 0 Å². The molecule has 0 fully saturated rings. The van der Waals surface area contributed by atoms with Crippen molar-refractivity contribution in [3.63, 3.8) is 0 Å². The van der Waals surface area contributed by atoms with Crippen molar-refractivity contribution < 1.29 is 14.7 Å². The number of aromatic nitrogens is 1. The molecule has 0 aliphatic rings. The predicted molar refractivity (Wildman–Crippen MR) is 66.9 cm³/mol. The third kappa shape index (κ3) is 5.43. The minimum Gasteiger partial charge on any atom is -0.481 e. The maximum atomic E-state index is 11.6. The average molecular weight is 250 g/mol. The number of unbranched alkanes of at least 4 members (excludes halogenated alkanes) is 1. The highest BCUT2D eigenvalue weighted by Gasteiger charge is 2.09. The van der Waals surface area contributed by atoms with Crippen molar-refractivity contribution in [1.29, 1.82) is 0 Å². The Morgan fingerprint density at radius 1 is 1.33 bits per heavy atom. The van der Waals surface area contributed by atoms with E-state index in [0.717, 1.165) is 5.69 Å². The van der Waals surface area contributed by atoms with Crippen LogP contribution in [0.3, 0.4) is 0 Å². The molecule has 0 bridgehead atoms. The van der Waals surface area contributed by atoms with Crippen LogP contribution in [-0.4, -0.2) is 22.0 Å². The Balaban J connectivity index is 2.26. The molecule has 98 valence electrons. The molecular formula is C13H18N2O3. The molecule has 0 aliphatic heterocycles. The van der Waals surface area contributed by atoms with Gasteiger partial charge in [-0.25, -0.2) is 0 Å². The van der Waals surface area contributed by atoms with Gasteiger partial charge in [-0.3, -0.25) is 14.6 Å². The number of carbonyl (C=O) groups excluding carboxylic acids is 1. The van der Waals surface area contributed by atoms with Crippen molar-refractivity contribution in [1.82, 2.24) is 10.3 Å². The summed E-state index contributed by atoms with van der Waals surface area (Å²) in [6.07, 6.45) is 3.27. The Kier molecular flexibility index (Phi) is 5.84. The number of nitrogens with one attached hydrogen (secondary N) is 1. The second-order valence-corrected chi connectivity index (χ2v) is 4.14. The summed E-state index contributed by atoms with van der Waals surface area (Å²) in [6, 6.07) is 5.43. The van der Waals surface area contributed by atoms with Crippen LogP contribution in [0.4, 0.5) is 0 Å². The topological polar surface area (TPSA) is 79.3 Å². The SMILES string of the molecule is C[C@@H](NC(=O)CCCCC(=O)O)c1ccccn1. The molecule has 0 aliphatic carbocycles. The van der Waals surface area contributed by atoms with Crippen LogP contribution in [-0.2, 0) is 9.59 Å². The Hall–Kier alpha value is -1.91. The molecule has 0 spiro atoms. The monoisotopic (exact) mass is 250 g/mol. The molecule has 0 saturated carbocycles. The van der Waals surface area contributed by atoms with Gasteiger partial charge in [0, 0.05) is 19.0 Å². The molecule has 1 aromatic rings. The molecule has 0 saturated heterocycles. The predicted octanol–water partition coefficient (Wildman–Crippen LogP) is 1.90. The maximum absolute atomic E-state index is 11.6. The number of rotatable bonds is 7. The van der Waals surface area contributed by atoms with Crippen LogP contribution < -0.4 is 5.32 Å². The first-order valence-corrected chi connectivity index (χ1v) is 6.01. The van der Waals surface area contributed by atoms with Gasteiger partial charge in [0.05, 0.1) is 11.7 Å². The van der Waals surface area contributed by atoms with E-state index in [1.807, 2.05) is 25.1 Å². The first-order chi connectivity index (χ1) is 8.59. The smallest absolute Gasteiger partial charge is 0.303 e. The highest BCUT2D eigenvalue weighted by molar-refractivity contribution is 5.76. The van der Waals surface area contributed by atoms with E-state index >= 15 is 0 Å². The highest BCUT2D eigenvalue weighted by atomic mass is 16.4. The lowest BCUT2D eigenvalue weighted by Crippen LogP contribution is -2.26. The number of nitrogens with zero attached hydrogens (tertiary/aromatic N) is 1. The molecule has 1 heterocycles. The van der Waals surface area contributed by atoms with Crippen LogP contribution in [0, 0.1) is 0 Å². The van der Waals surface area contributed by atoms with Crippen molar-refractivity contribution in [2.45, 2.75) is 38.6 Å². The molecule has 1 rings (SSSR count). The van der Waals surface area contributed by atoms with Crippen LogP contribution in [0.25, 0.3) is 0 Å². The van der Waals surface area contributed by atoms with Crippen LogP contribution in [0.1, 0.15) is 44.3 Å². The highest BCUT2D eigenvalue weighted by Crippen LogP contribution is 2.08. The van der Waals surface area contributed by atoms with E-state index < -0.39 is 5.97 Å². The third-order valence-electron chi connectivity index (χ3n) is 2.55. The van der Waals surface area contributed by atoms with Gasteiger partial charge in [0.25, 0.3) is 0 Å². The van der Waals surface area contributed by atoms with E-state index in [-0.39, 0.29) is 18.4 Å². The number of hydrogen-bond donors (Lipinski definition) is 2. The van der Waals surface area contributed by atoms with Crippen LogP contribution in [0.5, 0.6) is 0 Å². The van der Waals surface area contributed by atoms with E-state index in [9.17, 15) is 9.59 Å². The maximum Gasteiger partial charge on any atom is 0.303 e. The summed E-state index contributed by atoms with van der Waals surface area (Å²) in [5.74, 6) is -0.893. The summed E-state index contributed by atoms with van der Waals surface area (Å²) in [6.45, 7) is 1.87. The summed E-state index contributed by atoms with van der Waals surface area (Å²) >= 11 is 0. The Bertz CT molecular complexity index is 392. The quantitative estimate of drug-likeness (QED) is 0.724. The minimum atomic E-state index is -0.822. The lowest BCUT2D eigenvalue weighted by Gasteiger charge is -2.12. The van der Waals surface area contributed by atoms with Crippen molar-refractivity contribution in [2.24, 2.45) is 0 Å². The first-order valence-electron chi connectivity index (χ1n) is 6.01. The van der Waals surface area contributed by atoms with Crippen molar-refractivity contribution in [3.8, 4) is 0 Å². The number of amides is 1. The summed E-state index contributed by atoms with van der Waals surface area (Å²) in [7, 11) is 0. The Labute approximate surface area is 106 Å². The van der Waals surface area contributed by atoms with Crippen molar-refractivity contribution in [2.75, 3.05) is 0 Å². The molecule has 2 N–H and O–H groups in total. The first kappa shape index (κ1) is 14.2. The van der Waals surface area contributed by atoms with Gasteiger partial charge >= 0.3 is 5.97 Å². The fraction of sp³-hybridized carbons (Fsp3) is 0.462. The van der Waals surface area contributed by atoms with E-state index in [2.05, 4.69) is 10.3 Å². The number of pyridine rings is 1. The number of carboxylic acid groups (broad SMARTS) is 1. The molecule has 5 nitrogen and oxygen atoms in total.